The van der Waals surface area contributed by atoms with Gasteiger partial charge in [0.05, 0.1) is 17.8 Å². The molecule has 0 aromatic carbocycles. The van der Waals surface area contributed by atoms with Gasteiger partial charge in [0.15, 0.2) is 5.78 Å². The lowest BCUT2D eigenvalue weighted by Gasteiger charge is -2.38. The highest BCUT2D eigenvalue weighted by molar-refractivity contribution is 5.92. The second-order valence-corrected chi connectivity index (χ2v) is 3.96. The van der Waals surface area contributed by atoms with Gasteiger partial charge in [-0.05, 0) is 12.1 Å². The molecule has 1 fully saturated rings. The third-order valence-corrected chi connectivity index (χ3v) is 2.76. The van der Waals surface area contributed by atoms with Gasteiger partial charge in [0, 0.05) is 20.0 Å². The number of nitrogens with zero attached hydrogens (tertiary/aromatic N) is 2. The molecular formula is C11H13N3O2. The van der Waals surface area contributed by atoms with E-state index in [4.69, 9.17) is 5.73 Å². The number of pyridine rings is 1. The quantitative estimate of drug-likeness (QED) is 0.737. The summed E-state index contributed by atoms with van der Waals surface area (Å²) in [6.07, 6.45) is 1.65. The monoisotopic (exact) mass is 219 g/mol. The zero-order valence-electron chi connectivity index (χ0n) is 9.01. The van der Waals surface area contributed by atoms with E-state index in [2.05, 4.69) is 4.98 Å². The van der Waals surface area contributed by atoms with Crippen LogP contribution in [0.25, 0.3) is 0 Å². The number of nitrogens with two attached hydrogens (primary N) is 1. The van der Waals surface area contributed by atoms with Gasteiger partial charge < -0.3 is 10.6 Å². The Morgan fingerprint density at radius 1 is 1.44 bits per heavy atom. The Labute approximate surface area is 93.3 Å². The molecule has 0 spiro atoms. The summed E-state index contributed by atoms with van der Waals surface area (Å²) in [5, 5.41) is 0. The van der Waals surface area contributed by atoms with Gasteiger partial charge in [-0.15, -0.1) is 0 Å². The summed E-state index contributed by atoms with van der Waals surface area (Å²) in [7, 11) is 0. The maximum atomic E-state index is 11.0. The van der Waals surface area contributed by atoms with E-state index in [1.807, 2.05) is 11.0 Å². The topological polar surface area (TPSA) is 76.3 Å². The highest BCUT2D eigenvalue weighted by atomic mass is 16.1. The van der Waals surface area contributed by atoms with Crippen molar-refractivity contribution >= 4 is 17.4 Å². The van der Waals surface area contributed by atoms with Crippen LogP contribution in [0.3, 0.4) is 0 Å². The van der Waals surface area contributed by atoms with E-state index < -0.39 is 0 Å². The maximum absolute atomic E-state index is 11.0. The summed E-state index contributed by atoms with van der Waals surface area (Å²) in [6, 6.07) is 3.52. The van der Waals surface area contributed by atoms with Crippen LogP contribution in [0.1, 0.15) is 17.4 Å². The fourth-order valence-corrected chi connectivity index (χ4v) is 1.65. The van der Waals surface area contributed by atoms with Gasteiger partial charge in [-0.1, -0.05) is 0 Å². The summed E-state index contributed by atoms with van der Waals surface area (Å²) in [6.45, 7) is 2.75. The molecule has 5 nitrogen and oxygen atoms in total. The minimum atomic E-state index is -0.260. The Hall–Kier alpha value is -1.91. The molecule has 1 saturated heterocycles. The van der Waals surface area contributed by atoms with Gasteiger partial charge in [-0.2, -0.15) is 0 Å². The second kappa shape index (κ2) is 3.92. The highest BCUT2D eigenvalue weighted by Crippen LogP contribution is 2.23. The zero-order valence-corrected chi connectivity index (χ0v) is 9.01. The molecule has 2 heterocycles. The number of primary amides is 1. The summed E-state index contributed by atoms with van der Waals surface area (Å²) >= 11 is 0. The molecule has 0 saturated carbocycles. The minimum absolute atomic E-state index is 0.0508. The van der Waals surface area contributed by atoms with Gasteiger partial charge >= 0.3 is 0 Å². The van der Waals surface area contributed by atoms with Crippen molar-refractivity contribution in [2.75, 3.05) is 18.0 Å². The van der Waals surface area contributed by atoms with Crippen LogP contribution in [0.2, 0.25) is 0 Å². The van der Waals surface area contributed by atoms with Crippen molar-refractivity contribution < 1.29 is 9.59 Å². The lowest BCUT2D eigenvalue weighted by atomic mass is 9.99. The van der Waals surface area contributed by atoms with Crippen molar-refractivity contribution in [3.05, 3.63) is 24.0 Å². The van der Waals surface area contributed by atoms with Crippen LogP contribution < -0.4 is 10.6 Å². The van der Waals surface area contributed by atoms with Crippen molar-refractivity contribution in [3.8, 4) is 0 Å². The maximum Gasteiger partial charge on any atom is 0.224 e. The van der Waals surface area contributed by atoms with E-state index in [1.54, 1.807) is 12.3 Å². The molecule has 16 heavy (non-hydrogen) atoms. The molecular weight excluding hydrogens is 206 g/mol. The predicted molar refractivity (Wildman–Crippen MR) is 59.1 cm³/mol. The van der Waals surface area contributed by atoms with Crippen LogP contribution in [-0.2, 0) is 4.79 Å². The molecule has 1 aliphatic heterocycles. The van der Waals surface area contributed by atoms with Gasteiger partial charge in [0.1, 0.15) is 5.69 Å². The number of Topliss-reactive ketones (excluding diaryl/α,β-unsaturated/α-hetero) is 1. The molecule has 1 amide bonds. The lowest BCUT2D eigenvalue weighted by Crippen LogP contribution is -2.52. The SMILES string of the molecule is CC(=O)c1ccc(N2CC(C(N)=O)C2)cn1. The standard InChI is InChI=1S/C11H13N3O2/c1-7(15)10-3-2-9(4-13-10)14-5-8(6-14)11(12)16/h2-4,8H,5-6H2,1H3,(H2,12,16). The largest absolute Gasteiger partial charge is 0.369 e. The predicted octanol–water partition coefficient (Wildman–Crippen LogP) is 0.206. The van der Waals surface area contributed by atoms with Gasteiger partial charge in [-0.3, -0.25) is 14.6 Å². The van der Waals surface area contributed by atoms with E-state index in [9.17, 15) is 9.59 Å². The number of hydrogen-bond donors (Lipinski definition) is 1. The summed E-state index contributed by atoms with van der Waals surface area (Å²) in [5.74, 6) is -0.373. The molecule has 0 radical (unpaired) electrons. The molecule has 5 heteroatoms. The van der Waals surface area contributed by atoms with Gasteiger partial charge in [0.2, 0.25) is 5.91 Å². The number of carbonyl (C=O) groups excluding carboxylic acids is 2. The van der Waals surface area contributed by atoms with Crippen molar-refractivity contribution in [1.29, 1.82) is 0 Å². The summed E-state index contributed by atoms with van der Waals surface area (Å²) in [4.78, 5) is 27.9. The number of aromatic nitrogens is 1. The fourth-order valence-electron chi connectivity index (χ4n) is 1.65. The first kappa shape index (κ1) is 10.6. The Bertz CT molecular complexity index is 421. The number of carbonyl (C=O) groups is 2. The molecule has 2 rings (SSSR count). The molecule has 0 atom stereocenters. The van der Waals surface area contributed by atoms with Crippen molar-refractivity contribution in [1.82, 2.24) is 4.98 Å². The third-order valence-electron chi connectivity index (χ3n) is 2.76. The third kappa shape index (κ3) is 1.88. The van der Waals surface area contributed by atoms with Crippen LogP contribution >= 0.6 is 0 Å². The number of ketones is 1. The van der Waals surface area contributed by atoms with Crippen molar-refractivity contribution in [3.63, 3.8) is 0 Å². The van der Waals surface area contributed by atoms with Gasteiger partial charge in [0.25, 0.3) is 0 Å². The van der Waals surface area contributed by atoms with Crippen LogP contribution in [0.5, 0.6) is 0 Å². The average Bonchev–Trinajstić information content (AvgIpc) is 2.15. The van der Waals surface area contributed by atoms with E-state index >= 15 is 0 Å². The number of amides is 1. The fraction of sp³-hybridized carbons (Fsp3) is 0.364. The van der Waals surface area contributed by atoms with Crippen molar-refractivity contribution in [2.24, 2.45) is 11.7 Å². The van der Waals surface area contributed by atoms with E-state index in [0.29, 0.717) is 18.8 Å². The minimum Gasteiger partial charge on any atom is -0.369 e. The second-order valence-electron chi connectivity index (χ2n) is 3.96. The summed E-state index contributed by atoms with van der Waals surface area (Å²) < 4.78 is 0. The van der Waals surface area contributed by atoms with E-state index in [0.717, 1.165) is 5.69 Å². The first-order valence-electron chi connectivity index (χ1n) is 5.09. The number of hydrogen-bond acceptors (Lipinski definition) is 4. The van der Waals surface area contributed by atoms with Crippen LogP contribution in [0, 0.1) is 5.92 Å². The smallest absolute Gasteiger partial charge is 0.224 e. The Kier molecular flexibility index (Phi) is 2.60. The first-order chi connectivity index (χ1) is 7.58. The van der Waals surface area contributed by atoms with Gasteiger partial charge in [-0.25, -0.2) is 0 Å². The normalized spacial score (nSPS) is 15.7. The Morgan fingerprint density at radius 2 is 2.12 bits per heavy atom. The number of rotatable bonds is 3. The number of anilines is 1. The Balaban J connectivity index is 2.02. The van der Waals surface area contributed by atoms with Crippen LogP contribution in [0.15, 0.2) is 18.3 Å². The summed E-state index contributed by atoms with van der Waals surface area (Å²) in [5.41, 5.74) is 6.55. The highest BCUT2D eigenvalue weighted by Gasteiger charge is 2.31. The van der Waals surface area contributed by atoms with E-state index in [-0.39, 0.29) is 17.6 Å². The Morgan fingerprint density at radius 3 is 2.56 bits per heavy atom. The molecule has 1 aromatic heterocycles. The molecule has 0 unspecified atom stereocenters. The first-order valence-corrected chi connectivity index (χ1v) is 5.09. The lowest BCUT2D eigenvalue weighted by molar-refractivity contribution is -0.122. The van der Waals surface area contributed by atoms with Crippen LogP contribution in [0.4, 0.5) is 5.69 Å². The molecule has 1 aliphatic rings. The zero-order chi connectivity index (χ0) is 11.7. The molecule has 2 N–H and O–H groups in total. The van der Waals surface area contributed by atoms with E-state index in [1.165, 1.54) is 6.92 Å². The average molecular weight is 219 g/mol. The molecule has 0 aliphatic carbocycles. The molecule has 1 aromatic rings. The molecule has 84 valence electrons. The van der Waals surface area contributed by atoms with Crippen LogP contribution in [-0.4, -0.2) is 29.8 Å². The molecule has 0 bridgehead atoms. The van der Waals surface area contributed by atoms with Crippen molar-refractivity contribution in [2.45, 2.75) is 6.92 Å².